The summed E-state index contributed by atoms with van der Waals surface area (Å²) in [6.45, 7) is 0.0384. The highest BCUT2D eigenvalue weighted by molar-refractivity contribution is 7.90. The minimum Gasteiger partial charge on any atom is -0.362 e. The van der Waals surface area contributed by atoms with Crippen LogP contribution in [0, 0.1) is 0 Å². The average molecular weight is 355 g/mol. The Hall–Kier alpha value is -2.64. The number of rotatable bonds is 4. The molecule has 2 atom stereocenters. The van der Waals surface area contributed by atoms with Gasteiger partial charge < -0.3 is 4.18 Å². The lowest BCUT2D eigenvalue weighted by molar-refractivity contribution is -0.136. The van der Waals surface area contributed by atoms with E-state index >= 15 is 0 Å². The minimum atomic E-state index is -0.878. The Kier molecular flexibility index (Phi) is 4.03. The molecule has 25 heavy (non-hydrogen) atoms. The van der Waals surface area contributed by atoms with Gasteiger partial charge in [-0.3, -0.25) is 18.7 Å². The summed E-state index contributed by atoms with van der Waals surface area (Å²) in [5, 5.41) is 0. The molecule has 1 saturated heterocycles. The van der Waals surface area contributed by atoms with Crippen LogP contribution >= 0.6 is 12.3 Å². The maximum atomic E-state index is 12.6. The number of nitrogens with zero attached hydrogens (tertiary/aromatic N) is 1. The van der Waals surface area contributed by atoms with Gasteiger partial charge >= 0.3 is 5.97 Å². The van der Waals surface area contributed by atoms with Crippen molar-refractivity contribution < 1.29 is 22.7 Å². The fraction of sp³-hybridized carbons (Fsp3) is 0.167. The van der Waals surface area contributed by atoms with Crippen LogP contribution in [0.4, 0.5) is 0 Å². The van der Waals surface area contributed by atoms with Gasteiger partial charge in [-0.05, 0) is 17.7 Å². The molecule has 126 valence electrons. The maximum absolute atomic E-state index is 12.6. The summed E-state index contributed by atoms with van der Waals surface area (Å²) in [4.78, 5) is 38.4. The number of hydrogen-bond acceptors (Lipinski definition) is 6. The normalized spacial score (nSPS) is 20.6. The first-order valence-corrected chi connectivity index (χ1v) is 8.37. The minimum absolute atomic E-state index is 0.0384. The first kappa shape index (κ1) is 15.9. The molecule has 2 aliphatic rings. The van der Waals surface area contributed by atoms with Crippen molar-refractivity contribution in [2.75, 3.05) is 6.54 Å². The summed E-state index contributed by atoms with van der Waals surface area (Å²) in [7, 11) is 0. The van der Waals surface area contributed by atoms with Crippen LogP contribution in [-0.2, 0) is 13.2 Å². The smallest absolute Gasteiger partial charge is 0.351 e. The number of benzene rings is 2. The van der Waals surface area contributed by atoms with Gasteiger partial charge in [-0.2, -0.15) is 0 Å². The summed E-state index contributed by atoms with van der Waals surface area (Å²) >= 11 is 0.622. The Morgan fingerprint density at radius 1 is 0.920 bits per heavy atom. The van der Waals surface area contributed by atoms with Gasteiger partial charge in [-0.1, -0.05) is 42.5 Å². The van der Waals surface area contributed by atoms with E-state index in [1.165, 1.54) is 4.90 Å². The van der Waals surface area contributed by atoms with E-state index in [4.69, 9.17) is 8.37 Å². The van der Waals surface area contributed by atoms with Gasteiger partial charge in [0.15, 0.2) is 6.10 Å². The molecule has 2 aromatic carbocycles. The van der Waals surface area contributed by atoms with Crippen LogP contribution in [0.5, 0.6) is 0 Å². The summed E-state index contributed by atoms with van der Waals surface area (Å²) < 4.78 is 10.2. The van der Waals surface area contributed by atoms with Crippen LogP contribution < -0.4 is 0 Å². The lowest BCUT2D eigenvalue weighted by atomic mass is 9.92. The van der Waals surface area contributed by atoms with Gasteiger partial charge in [0, 0.05) is 12.5 Å². The third-order valence-electron chi connectivity index (χ3n) is 4.34. The zero-order chi connectivity index (χ0) is 17.4. The van der Waals surface area contributed by atoms with E-state index < -0.39 is 18.0 Å². The molecular weight excluding hydrogens is 342 g/mol. The molecule has 0 radical (unpaired) electrons. The highest BCUT2D eigenvalue weighted by Crippen LogP contribution is 2.34. The maximum Gasteiger partial charge on any atom is 0.351 e. The van der Waals surface area contributed by atoms with Crippen LogP contribution in [0.15, 0.2) is 54.6 Å². The zero-order valence-electron chi connectivity index (χ0n) is 13.0. The first-order valence-electron chi connectivity index (χ1n) is 7.71. The molecule has 4 rings (SSSR count). The lowest BCUT2D eigenvalue weighted by Crippen LogP contribution is -2.39. The van der Waals surface area contributed by atoms with E-state index in [0.29, 0.717) is 23.5 Å². The second kappa shape index (κ2) is 6.34. The number of amides is 2. The van der Waals surface area contributed by atoms with E-state index in [2.05, 4.69) is 0 Å². The molecule has 0 aliphatic carbocycles. The van der Waals surface area contributed by atoms with Gasteiger partial charge in [0.1, 0.15) is 0 Å². The largest absolute Gasteiger partial charge is 0.362 e. The molecule has 0 saturated carbocycles. The molecule has 2 unspecified atom stereocenters. The molecule has 2 heterocycles. The molecule has 6 nitrogen and oxygen atoms in total. The molecule has 2 amide bonds. The average Bonchev–Trinajstić information content (AvgIpc) is 3.17. The summed E-state index contributed by atoms with van der Waals surface area (Å²) in [5.41, 5.74) is 1.55. The molecule has 1 fully saturated rings. The number of fused-ring (bicyclic) bond motifs is 1. The van der Waals surface area contributed by atoms with Crippen molar-refractivity contribution in [1.29, 1.82) is 0 Å². The summed E-state index contributed by atoms with van der Waals surface area (Å²) in [5.74, 6) is -1.75. The third-order valence-corrected chi connectivity index (χ3v) is 4.86. The number of hydrogen-bond donors (Lipinski definition) is 0. The molecular formula is C18H13NO5S. The second-order valence-corrected chi connectivity index (χ2v) is 6.27. The van der Waals surface area contributed by atoms with Crippen molar-refractivity contribution >= 4 is 30.1 Å². The van der Waals surface area contributed by atoms with E-state index in [1.54, 1.807) is 24.3 Å². The standard InChI is InChI=1S/C18H13NO5S/c20-16-12-8-4-5-9-13(12)17(21)19(16)10-14(11-6-2-1-3-7-11)15-18(22)24-25-23-15/h1-9,14-15H,10H2. The zero-order valence-corrected chi connectivity index (χ0v) is 13.8. The molecule has 0 aromatic heterocycles. The second-order valence-electron chi connectivity index (χ2n) is 5.77. The van der Waals surface area contributed by atoms with Crippen LogP contribution in [0.3, 0.4) is 0 Å². The summed E-state index contributed by atoms with van der Waals surface area (Å²) in [6, 6.07) is 15.9. The van der Waals surface area contributed by atoms with Crippen LogP contribution in [0.2, 0.25) is 0 Å². The molecule has 7 heteroatoms. The number of carbonyl (C=O) groups is 3. The van der Waals surface area contributed by atoms with Crippen molar-refractivity contribution in [2.45, 2.75) is 12.0 Å². The molecule has 2 aromatic rings. The predicted molar refractivity (Wildman–Crippen MR) is 89.5 cm³/mol. The Balaban J connectivity index is 1.67. The SMILES string of the molecule is O=C1OSOC1C(CN1C(=O)c2ccccc2C1=O)c1ccccc1. The Labute approximate surface area is 148 Å². The highest BCUT2D eigenvalue weighted by atomic mass is 32.2. The third kappa shape index (κ3) is 2.71. The van der Waals surface area contributed by atoms with E-state index in [9.17, 15) is 14.4 Å². The number of imide groups is 1. The quantitative estimate of drug-likeness (QED) is 0.620. The Morgan fingerprint density at radius 3 is 2.08 bits per heavy atom. The van der Waals surface area contributed by atoms with Crippen LogP contribution in [0.25, 0.3) is 0 Å². The van der Waals surface area contributed by atoms with Gasteiger partial charge in [0.2, 0.25) is 12.3 Å². The van der Waals surface area contributed by atoms with Gasteiger partial charge in [0.05, 0.1) is 11.1 Å². The molecule has 2 aliphatic heterocycles. The lowest BCUT2D eigenvalue weighted by Gasteiger charge is -2.24. The van der Waals surface area contributed by atoms with E-state index in [-0.39, 0.29) is 18.4 Å². The molecule has 0 N–H and O–H groups in total. The van der Waals surface area contributed by atoms with Crippen molar-refractivity contribution in [3.63, 3.8) is 0 Å². The Bertz CT molecular complexity index is 819. The topological polar surface area (TPSA) is 72.9 Å². The van der Waals surface area contributed by atoms with Gasteiger partial charge in [0.25, 0.3) is 11.8 Å². The van der Waals surface area contributed by atoms with Crippen molar-refractivity contribution in [3.05, 3.63) is 71.3 Å². The monoisotopic (exact) mass is 355 g/mol. The highest BCUT2D eigenvalue weighted by Gasteiger charge is 2.43. The van der Waals surface area contributed by atoms with Crippen molar-refractivity contribution in [3.8, 4) is 0 Å². The van der Waals surface area contributed by atoms with Crippen LogP contribution in [0.1, 0.15) is 32.2 Å². The van der Waals surface area contributed by atoms with E-state index in [0.717, 1.165) is 5.56 Å². The molecule has 0 bridgehead atoms. The first-order chi connectivity index (χ1) is 12.2. The van der Waals surface area contributed by atoms with Gasteiger partial charge in [-0.15, -0.1) is 0 Å². The van der Waals surface area contributed by atoms with Crippen LogP contribution in [-0.4, -0.2) is 35.3 Å². The fourth-order valence-corrected chi connectivity index (χ4v) is 3.59. The number of carbonyl (C=O) groups excluding carboxylic acids is 3. The fourth-order valence-electron chi connectivity index (χ4n) is 3.09. The van der Waals surface area contributed by atoms with Crippen molar-refractivity contribution in [1.82, 2.24) is 4.90 Å². The van der Waals surface area contributed by atoms with Gasteiger partial charge in [-0.25, -0.2) is 4.79 Å². The Morgan fingerprint density at radius 2 is 1.52 bits per heavy atom. The predicted octanol–water partition coefficient (Wildman–Crippen LogP) is 2.57. The summed E-state index contributed by atoms with van der Waals surface area (Å²) in [6.07, 6.45) is -0.878. The molecule has 0 spiro atoms. The van der Waals surface area contributed by atoms with E-state index in [1.807, 2.05) is 30.3 Å². The van der Waals surface area contributed by atoms with Crippen molar-refractivity contribution in [2.24, 2.45) is 0 Å².